The van der Waals surface area contributed by atoms with Crippen LogP contribution in [-0.4, -0.2) is 17.5 Å². The summed E-state index contributed by atoms with van der Waals surface area (Å²) in [5.74, 6) is 0.716. The highest BCUT2D eigenvalue weighted by atomic mass is 79.9. The number of carbonyl (C=O) groups excluding carboxylic acids is 1. The second-order valence-corrected chi connectivity index (χ2v) is 10.1. The van der Waals surface area contributed by atoms with E-state index in [1.54, 1.807) is 0 Å². The lowest BCUT2D eigenvalue weighted by Gasteiger charge is -2.20. The molecule has 1 aromatic heterocycles. The monoisotopic (exact) mass is 506 g/mol. The van der Waals surface area contributed by atoms with E-state index in [0.29, 0.717) is 29.6 Å². The number of amides is 1. The zero-order valence-electron chi connectivity index (χ0n) is 17.2. The van der Waals surface area contributed by atoms with Crippen molar-refractivity contribution in [1.82, 2.24) is 4.98 Å². The van der Waals surface area contributed by atoms with Gasteiger partial charge >= 0.3 is 0 Å². The number of aromatic nitrogens is 1. The molecule has 0 aliphatic carbocycles. The Hall–Kier alpha value is -1.89. The Morgan fingerprint density at radius 3 is 2.60 bits per heavy atom. The second kappa shape index (κ2) is 9.94. The van der Waals surface area contributed by atoms with Gasteiger partial charge in [0.25, 0.3) is 0 Å². The first-order chi connectivity index (χ1) is 14.2. The van der Waals surface area contributed by atoms with Gasteiger partial charge in [0.2, 0.25) is 5.91 Å². The fourth-order valence-electron chi connectivity index (χ4n) is 2.77. The number of nitrogens with one attached hydrogen (secondary N) is 1. The zero-order valence-corrected chi connectivity index (χ0v) is 20.3. The van der Waals surface area contributed by atoms with E-state index in [2.05, 4.69) is 59.1 Å². The van der Waals surface area contributed by atoms with Gasteiger partial charge in [0.05, 0.1) is 16.8 Å². The van der Waals surface area contributed by atoms with Crippen molar-refractivity contribution < 1.29 is 9.53 Å². The van der Waals surface area contributed by atoms with Gasteiger partial charge in [0, 0.05) is 22.4 Å². The van der Waals surface area contributed by atoms with Crippen LogP contribution in [0.15, 0.2) is 52.3 Å². The molecular weight excluding hydrogens is 484 g/mol. The van der Waals surface area contributed by atoms with Crippen LogP contribution in [0.4, 0.5) is 5.13 Å². The van der Waals surface area contributed by atoms with Crippen molar-refractivity contribution in [3.63, 3.8) is 0 Å². The maximum absolute atomic E-state index is 12.2. The molecule has 0 spiro atoms. The van der Waals surface area contributed by atoms with Gasteiger partial charge in [-0.05, 0) is 57.6 Å². The minimum Gasteiger partial charge on any atom is -0.492 e. The van der Waals surface area contributed by atoms with Crippen LogP contribution < -0.4 is 10.1 Å². The number of hydrogen-bond donors (Lipinski definition) is 1. The highest BCUT2D eigenvalue weighted by Gasteiger charge is 2.15. The molecule has 0 saturated carbocycles. The number of benzene rings is 2. The topological polar surface area (TPSA) is 51.2 Å². The summed E-state index contributed by atoms with van der Waals surface area (Å²) in [6.07, 6.45) is 0.988. The average molecular weight is 508 g/mol. The normalized spacial score (nSPS) is 11.4. The summed E-state index contributed by atoms with van der Waals surface area (Å²) < 4.78 is 6.75. The van der Waals surface area contributed by atoms with Crippen molar-refractivity contribution in [1.29, 1.82) is 0 Å². The van der Waals surface area contributed by atoms with E-state index in [9.17, 15) is 4.79 Å². The molecule has 1 amide bonds. The first kappa shape index (κ1) is 22.8. The molecule has 7 heteroatoms. The van der Waals surface area contributed by atoms with Crippen LogP contribution in [0.3, 0.4) is 0 Å². The van der Waals surface area contributed by atoms with Gasteiger partial charge in [0.15, 0.2) is 5.13 Å². The van der Waals surface area contributed by atoms with E-state index >= 15 is 0 Å². The van der Waals surface area contributed by atoms with Gasteiger partial charge in [0.1, 0.15) is 5.75 Å². The average Bonchev–Trinajstić information content (AvgIpc) is 3.14. The van der Waals surface area contributed by atoms with Crippen LogP contribution in [0.1, 0.15) is 39.2 Å². The van der Waals surface area contributed by atoms with E-state index < -0.39 is 0 Å². The predicted octanol–water partition coefficient (Wildman–Crippen LogP) is 7.32. The van der Waals surface area contributed by atoms with Crippen LogP contribution >= 0.6 is 38.9 Å². The smallest absolute Gasteiger partial charge is 0.226 e. The van der Waals surface area contributed by atoms with Gasteiger partial charge < -0.3 is 10.1 Å². The Morgan fingerprint density at radius 2 is 1.93 bits per heavy atom. The Morgan fingerprint density at radius 1 is 1.20 bits per heavy atom. The Labute approximate surface area is 194 Å². The molecule has 0 unspecified atom stereocenters. The van der Waals surface area contributed by atoms with Crippen LogP contribution in [0.2, 0.25) is 5.02 Å². The largest absolute Gasteiger partial charge is 0.492 e. The fourth-order valence-corrected chi connectivity index (χ4v) is 4.12. The molecule has 1 N–H and O–H groups in total. The van der Waals surface area contributed by atoms with Gasteiger partial charge in [-0.3, -0.25) is 4.79 Å². The van der Waals surface area contributed by atoms with Crippen LogP contribution in [-0.2, 0) is 10.2 Å². The molecule has 0 aliphatic heterocycles. The highest BCUT2D eigenvalue weighted by molar-refractivity contribution is 9.10. The Bertz CT molecular complexity index is 1010. The van der Waals surface area contributed by atoms with Gasteiger partial charge in [-0.15, -0.1) is 11.3 Å². The van der Waals surface area contributed by atoms with E-state index in [1.807, 2.05) is 35.7 Å². The number of ether oxygens (including phenoxy) is 1. The molecule has 2 aromatic carbocycles. The van der Waals surface area contributed by atoms with Crippen LogP contribution in [0.25, 0.3) is 11.3 Å². The number of nitrogens with zero attached hydrogens (tertiary/aromatic N) is 1. The lowest BCUT2D eigenvalue weighted by Crippen LogP contribution is -2.13. The molecule has 158 valence electrons. The van der Waals surface area contributed by atoms with Crippen LogP contribution in [0.5, 0.6) is 5.75 Å². The van der Waals surface area contributed by atoms with E-state index in [0.717, 1.165) is 21.5 Å². The maximum atomic E-state index is 12.2. The summed E-state index contributed by atoms with van der Waals surface area (Å²) >= 11 is 10.9. The van der Waals surface area contributed by atoms with Crippen molar-refractivity contribution in [2.45, 2.75) is 39.0 Å². The summed E-state index contributed by atoms with van der Waals surface area (Å²) in [4.78, 5) is 16.7. The lowest BCUT2D eigenvalue weighted by atomic mass is 9.87. The Balaban J connectivity index is 1.45. The third-order valence-electron chi connectivity index (χ3n) is 4.49. The van der Waals surface area contributed by atoms with Crippen molar-refractivity contribution in [3.05, 3.63) is 62.9 Å². The SMILES string of the molecule is CC(C)(C)c1ccc(OCCCC(=O)Nc2nc(-c3ccc(Cl)cc3)cs2)c(Br)c1. The molecule has 3 aromatic rings. The number of thiazole rings is 1. The van der Waals surface area contributed by atoms with Crippen molar-refractivity contribution in [2.24, 2.45) is 0 Å². The molecule has 0 radical (unpaired) electrons. The standard InChI is InChI=1S/C23H24BrClN2O2S/c1-23(2,3)16-8-11-20(18(24)13-16)29-12-4-5-21(28)27-22-26-19(14-30-22)15-6-9-17(25)10-7-15/h6-11,13-14H,4-5,12H2,1-3H3,(H,26,27,28). The molecule has 0 saturated heterocycles. The van der Waals surface area contributed by atoms with Gasteiger partial charge in [-0.25, -0.2) is 4.98 Å². The summed E-state index contributed by atoms with van der Waals surface area (Å²) in [7, 11) is 0. The minimum absolute atomic E-state index is 0.0715. The van der Waals surface area contributed by atoms with Crippen LogP contribution in [0, 0.1) is 0 Å². The molecule has 0 fully saturated rings. The number of carbonyl (C=O) groups is 1. The van der Waals surface area contributed by atoms with E-state index in [-0.39, 0.29) is 11.3 Å². The number of halogens is 2. The van der Waals surface area contributed by atoms with E-state index in [4.69, 9.17) is 16.3 Å². The second-order valence-electron chi connectivity index (χ2n) is 7.94. The molecule has 0 atom stereocenters. The van der Waals surface area contributed by atoms with Crippen molar-refractivity contribution in [2.75, 3.05) is 11.9 Å². The quantitative estimate of drug-likeness (QED) is 0.341. The fraction of sp³-hybridized carbons (Fsp3) is 0.304. The van der Waals surface area contributed by atoms with Crippen molar-refractivity contribution in [3.8, 4) is 17.0 Å². The summed E-state index contributed by atoms with van der Waals surface area (Å²) in [6, 6.07) is 13.6. The summed E-state index contributed by atoms with van der Waals surface area (Å²) in [6.45, 7) is 6.99. The van der Waals surface area contributed by atoms with Gasteiger partial charge in [-0.1, -0.05) is 50.6 Å². The highest BCUT2D eigenvalue weighted by Crippen LogP contribution is 2.31. The third-order valence-corrected chi connectivity index (χ3v) is 6.12. The summed E-state index contributed by atoms with van der Waals surface area (Å²) in [5.41, 5.74) is 3.11. The molecule has 4 nitrogen and oxygen atoms in total. The molecule has 3 rings (SSSR count). The summed E-state index contributed by atoms with van der Waals surface area (Å²) in [5, 5.41) is 6.04. The molecule has 0 aliphatic rings. The molecular formula is C23H24BrClN2O2S. The number of hydrogen-bond acceptors (Lipinski definition) is 4. The van der Waals surface area contributed by atoms with Crippen molar-refractivity contribution >= 4 is 49.9 Å². The molecule has 1 heterocycles. The zero-order chi connectivity index (χ0) is 21.7. The van der Waals surface area contributed by atoms with Gasteiger partial charge in [-0.2, -0.15) is 0 Å². The third kappa shape index (κ3) is 6.30. The first-order valence-corrected chi connectivity index (χ1v) is 11.7. The predicted molar refractivity (Wildman–Crippen MR) is 129 cm³/mol. The molecule has 30 heavy (non-hydrogen) atoms. The number of rotatable bonds is 7. The van der Waals surface area contributed by atoms with E-state index in [1.165, 1.54) is 16.9 Å². The minimum atomic E-state index is -0.0715. The Kier molecular flexibility index (Phi) is 7.55. The lowest BCUT2D eigenvalue weighted by molar-refractivity contribution is -0.116. The molecule has 0 bridgehead atoms. The number of anilines is 1. The maximum Gasteiger partial charge on any atom is 0.226 e. The first-order valence-electron chi connectivity index (χ1n) is 9.66.